The maximum Gasteiger partial charge on any atom is 0.231 e. The summed E-state index contributed by atoms with van der Waals surface area (Å²) in [5, 5.41) is 0. The molecule has 3 heterocycles. The van der Waals surface area contributed by atoms with E-state index in [9.17, 15) is 4.79 Å². The number of amides is 1. The molecule has 114 valence electrons. The van der Waals surface area contributed by atoms with Gasteiger partial charge in [-0.25, -0.2) is 0 Å². The van der Waals surface area contributed by atoms with Crippen molar-refractivity contribution in [2.45, 2.75) is 12.6 Å². The standard InChI is InChI=1S/C17H20N4O/c18-17(22)12-19-8-9-21-14-5-2-1-4-13(14)10-20-7-3-6-15(20)16(21)11-19/h1-7,16H,8-12H2,(H2,18,22). The van der Waals surface area contributed by atoms with Gasteiger partial charge in [-0.15, -0.1) is 0 Å². The predicted octanol–water partition coefficient (Wildman–Crippen LogP) is 1.20. The molecule has 4 rings (SSSR count). The van der Waals surface area contributed by atoms with Gasteiger partial charge in [0.25, 0.3) is 0 Å². The lowest BCUT2D eigenvalue weighted by Gasteiger charge is -2.42. The van der Waals surface area contributed by atoms with Crippen molar-refractivity contribution in [1.29, 1.82) is 0 Å². The smallest absolute Gasteiger partial charge is 0.231 e. The molecule has 5 nitrogen and oxygen atoms in total. The van der Waals surface area contributed by atoms with Crippen molar-refractivity contribution in [2.24, 2.45) is 5.73 Å². The third kappa shape index (κ3) is 2.18. The minimum Gasteiger partial charge on any atom is -0.369 e. The normalized spacial score (nSPS) is 20.7. The molecule has 0 aliphatic carbocycles. The summed E-state index contributed by atoms with van der Waals surface area (Å²) in [5.74, 6) is -0.252. The first kappa shape index (κ1) is 13.4. The SMILES string of the molecule is NC(=O)CN1CCN2c3ccccc3Cn3cccc3C2C1. The van der Waals surface area contributed by atoms with Crippen LogP contribution in [0.15, 0.2) is 42.6 Å². The highest BCUT2D eigenvalue weighted by Crippen LogP contribution is 2.36. The molecule has 1 amide bonds. The van der Waals surface area contributed by atoms with Gasteiger partial charge < -0.3 is 15.2 Å². The number of hydrogen-bond acceptors (Lipinski definition) is 3. The molecule has 1 unspecified atom stereocenters. The first-order valence-electron chi connectivity index (χ1n) is 7.72. The Morgan fingerprint density at radius 2 is 2.05 bits per heavy atom. The van der Waals surface area contributed by atoms with Gasteiger partial charge in [-0.05, 0) is 23.8 Å². The highest BCUT2D eigenvalue weighted by atomic mass is 16.1. The van der Waals surface area contributed by atoms with E-state index < -0.39 is 0 Å². The minimum atomic E-state index is -0.252. The van der Waals surface area contributed by atoms with Gasteiger partial charge in [0.15, 0.2) is 0 Å². The van der Waals surface area contributed by atoms with Crippen LogP contribution in [0.4, 0.5) is 5.69 Å². The van der Waals surface area contributed by atoms with Crippen molar-refractivity contribution < 1.29 is 4.79 Å². The minimum absolute atomic E-state index is 0.252. The second-order valence-corrected chi connectivity index (χ2v) is 6.10. The quantitative estimate of drug-likeness (QED) is 0.906. The van der Waals surface area contributed by atoms with Crippen LogP contribution in [-0.2, 0) is 11.3 Å². The molecule has 0 bridgehead atoms. The summed E-state index contributed by atoms with van der Waals surface area (Å²) in [6, 6.07) is 13.2. The van der Waals surface area contributed by atoms with Gasteiger partial charge in [-0.1, -0.05) is 18.2 Å². The van der Waals surface area contributed by atoms with Crippen molar-refractivity contribution in [2.75, 3.05) is 31.1 Å². The summed E-state index contributed by atoms with van der Waals surface area (Å²) in [5.41, 5.74) is 9.35. The van der Waals surface area contributed by atoms with Crippen LogP contribution in [0.5, 0.6) is 0 Å². The summed E-state index contributed by atoms with van der Waals surface area (Å²) >= 11 is 0. The van der Waals surface area contributed by atoms with Gasteiger partial charge in [-0.2, -0.15) is 0 Å². The number of carbonyl (C=O) groups is 1. The number of piperazine rings is 1. The number of benzene rings is 1. The van der Waals surface area contributed by atoms with E-state index in [1.807, 2.05) is 0 Å². The molecular weight excluding hydrogens is 276 g/mol. The summed E-state index contributed by atoms with van der Waals surface area (Å²) in [6.45, 7) is 3.87. The molecule has 1 aromatic heterocycles. The van der Waals surface area contributed by atoms with Crippen LogP contribution in [0.2, 0.25) is 0 Å². The van der Waals surface area contributed by atoms with Crippen molar-refractivity contribution in [3.63, 3.8) is 0 Å². The number of primary amides is 1. The molecule has 1 fully saturated rings. The van der Waals surface area contributed by atoms with Gasteiger partial charge in [0.1, 0.15) is 0 Å². The fraction of sp³-hybridized carbons (Fsp3) is 0.353. The average Bonchev–Trinajstić information content (AvgIpc) is 2.91. The molecule has 0 saturated carbocycles. The maximum atomic E-state index is 11.3. The fourth-order valence-corrected chi connectivity index (χ4v) is 3.73. The van der Waals surface area contributed by atoms with Crippen LogP contribution in [-0.4, -0.2) is 41.6 Å². The van der Waals surface area contributed by atoms with E-state index in [1.54, 1.807) is 0 Å². The van der Waals surface area contributed by atoms with Crippen molar-refractivity contribution in [3.05, 3.63) is 53.9 Å². The lowest BCUT2D eigenvalue weighted by atomic mass is 10.1. The monoisotopic (exact) mass is 296 g/mol. The largest absolute Gasteiger partial charge is 0.369 e. The molecule has 1 saturated heterocycles. The zero-order chi connectivity index (χ0) is 15.1. The molecule has 2 N–H and O–H groups in total. The van der Waals surface area contributed by atoms with E-state index in [4.69, 9.17) is 5.73 Å². The highest BCUT2D eigenvalue weighted by Gasteiger charge is 2.33. The number of rotatable bonds is 2. The van der Waals surface area contributed by atoms with Crippen molar-refractivity contribution in [3.8, 4) is 0 Å². The summed E-state index contributed by atoms with van der Waals surface area (Å²) in [4.78, 5) is 15.9. The highest BCUT2D eigenvalue weighted by molar-refractivity contribution is 5.76. The van der Waals surface area contributed by atoms with E-state index in [-0.39, 0.29) is 11.9 Å². The van der Waals surface area contributed by atoms with Crippen LogP contribution in [0, 0.1) is 0 Å². The molecular formula is C17H20N4O. The summed E-state index contributed by atoms with van der Waals surface area (Å²) in [6.07, 6.45) is 2.14. The van der Waals surface area contributed by atoms with E-state index >= 15 is 0 Å². The fourth-order valence-electron chi connectivity index (χ4n) is 3.73. The molecule has 2 aliphatic rings. The average molecular weight is 296 g/mol. The first-order chi connectivity index (χ1) is 10.7. The molecule has 22 heavy (non-hydrogen) atoms. The topological polar surface area (TPSA) is 54.5 Å². The Morgan fingerprint density at radius 1 is 1.18 bits per heavy atom. The lowest BCUT2D eigenvalue weighted by molar-refractivity contribution is -0.119. The maximum absolute atomic E-state index is 11.3. The molecule has 5 heteroatoms. The number of anilines is 1. The Balaban J connectivity index is 1.74. The Bertz CT molecular complexity index is 708. The zero-order valence-electron chi connectivity index (χ0n) is 12.5. The number of hydrogen-bond donors (Lipinski definition) is 1. The Morgan fingerprint density at radius 3 is 2.91 bits per heavy atom. The molecule has 1 atom stereocenters. The number of nitrogens with zero attached hydrogens (tertiary/aromatic N) is 3. The lowest BCUT2D eigenvalue weighted by Crippen LogP contribution is -2.50. The van der Waals surface area contributed by atoms with Gasteiger partial charge in [0, 0.05) is 43.8 Å². The number of nitrogens with two attached hydrogens (primary N) is 1. The van der Waals surface area contributed by atoms with E-state index in [1.165, 1.54) is 16.9 Å². The molecule has 0 spiro atoms. The molecule has 0 radical (unpaired) electrons. The Kier molecular flexibility index (Phi) is 3.15. The predicted molar refractivity (Wildman–Crippen MR) is 85.7 cm³/mol. The molecule has 1 aromatic carbocycles. The van der Waals surface area contributed by atoms with Crippen molar-refractivity contribution in [1.82, 2.24) is 9.47 Å². The van der Waals surface area contributed by atoms with Gasteiger partial charge in [0.2, 0.25) is 5.91 Å². The zero-order valence-corrected chi connectivity index (χ0v) is 12.5. The van der Waals surface area contributed by atoms with E-state index in [2.05, 4.69) is 57.0 Å². The number of carbonyl (C=O) groups excluding carboxylic acids is 1. The summed E-state index contributed by atoms with van der Waals surface area (Å²) in [7, 11) is 0. The van der Waals surface area contributed by atoms with Crippen LogP contribution >= 0.6 is 0 Å². The third-order valence-corrected chi connectivity index (χ3v) is 4.69. The number of fused-ring (bicyclic) bond motifs is 5. The van der Waals surface area contributed by atoms with Gasteiger partial charge in [-0.3, -0.25) is 9.69 Å². The first-order valence-corrected chi connectivity index (χ1v) is 7.72. The van der Waals surface area contributed by atoms with Crippen LogP contribution in [0.1, 0.15) is 17.3 Å². The van der Waals surface area contributed by atoms with Crippen LogP contribution in [0.3, 0.4) is 0 Å². The molecule has 2 aliphatic heterocycles. The van der Waals surface area contributed by atoms with Crippen molar-refractivity contribution >= 4 is 11.6 Å². The molecule has 2 aromatic rings. The Hall–Kier alpha value is -2.27. The van der Waals surface area contributed by atoms with Crippen LogP contribution in [0.25, 0.3) is 0 Å². The second-order valence-electron chi connectivity index (χ2n) is 6.10. The van der Waals surface area contributed by atoms with Gasteiger partial charge in [0.05, 0.1) is 12.6 Å². The van der Waals surface area contributed by atoms with Gasteiger partial charge >= 0.3 is 0 Å². The summed E-state index contributed by atoms with van der Waals surface area (Å²) < 4.78 is 2.32. The third-order valence-electron chi connectivity index (χ3n) is 4.69. The number of para-hydroxylation sites is 1. The Labute approximate surface area is 129 Å². The van der Waals surface area contributed by atoms with E-state index in [0.717, 1.165) is 26.2 Å². The van der Waals surface area contributed by atoms with Crippen LogP contribution < -0.4 is 10.6 Å². The number of aromatic nitrogens is 1. The van der Waals surface area contributed by atoms with E-state index in [0.29, 0.717) is 6.54 Å². The second kappa shape index (κ2) is 5.18.